The van der Waals surface area contributed by atoms with Crippen LogP contribution in [0.3, 0.4) is 0 Å². The molecule has 1 fully saturated rings. The van der Waals surface area contributed by atoms with Crippen molar-refractivity contribution in [1.82, 2.24) is 4.72 Å². The molecule has 1 aliphatic rings. The van der Waals surface area contributed by atoms with Crippen molar-refractivity contribution in [2.75, 3.05) is 0 Å². The molecule has 1 saturated carbocycles. The fraction of sp³-hybridized carbons (Fsp3) is 0.462. The van der Waals surface area contributed by atoms with Crippen LogP contribution in [0.2, 0.25) is 5.02 Å². The predicted molar refractivity (Wildman–Crippen MR) is 73.4 cm³/mol. The van der Waals surface area contributed by atoms with Gasteiger partial charge in [0.1, 0.15) is 10.7 Å². The van der Waals surface area contributed by atoms with E-state index >= 15 is 0 Å². The molecule has 0 spiro atoms. The van der Waals surface area contributed by atoms with Gasteiger partial charge in [0.05, 0.1) is 5.02 Å². The van der Waals surface area contributed by atoms with Crippen molar-refractivity contribution in [1.29, 1.82) is 0 Å². The van der Waals surface area contributed by atoms with Crippen LogP contribution in [0.4, 0.5) is 4.39 Å². The van der Waals surface area contributed by atoms with Gasteiger partial charge < -0.3 is 0 Å². The van der Waals surface area contributed by atoms with Gasteiger partial charge in [0.25, 0.3) is 10.0 Å². The molecule has 1 N–H and O–H groups in total. The Hall–Kier alpha value is -1.14. The van der Waals surface area contributed by atoms with E-state index in [1.165, 1.54) is 6.92 Å². The smallest absolute Gasteiger partial charge is 0.265 e. The third-order valence-corrected chi connectivity index (χ3v) is 5.28. The summed E-state index contributed by atoms with van der Waals surface area (Å²) in [5.41, 5.74) is 0.156. The SMILES string of the molecule is Cc1cc(S(=O)(=O)NC(=O)C2CCCC2)c(Cl)cc1F. The van der Waals surface area contributed by atoms with E-state index < -0.39 is 21.7 Å². The van der Waals surface area contributed by atoms with Crippen molar-refractivity contribution in [3.05, 3.63) is 28.5 Å². The Balaban J connectivity index is 2.26. The van der Waals surface area contributed by atoms with E-state index in [0.717, 1.165) is 25.0 Å². The molecule has 0 bridgehead atoms. The maximum Gasteiger partial charge on any atom is 0.265 e. The van der Waals surface area contributed by atoms with Gasteiger partial charge in [-0.1, -0.05) is 24.4 Å². The Morgan fingerprint density at radius 3 is 2.55 bits per heavy atom. The molecule has 1 aromatic rings. The minimum absolute atomic E-state index is 0.156. The Bertz CT molecular complexity index is 639. The summed E-state index contributed by atoms with van der Waals surface area (Å²) in [5.74, 6) is -1.37. The van der Waals surface area contributed by atoms with Crippen LogP contribution in [-0.2, 0) is 14.8 Å². The summed E-state index contributed by atoms with van der Waals surface area (Å²) in [6, 6.07) is 2.06. The van der Waals surface area contributed by atoms with Gasteiger partial charge in [0, 0.05) is 5.92 Å². The van der Waals surface area contributed by atoms with Crippen LogP contribution in [-0.4, -0.2) is 14.3 Å². The number of sulfonamides is 1. The van der Waals surface area contributed by atoms with Crippen molar-refractivity contribution >= 4 is 27.5 Å². The van der Waals surface area contributed by atoms with E-state index in [1.54, 1.807) is 0 Å². The molecule has 4 nitrogen and oxygen atoms in total. The average Bonchev–Trinajstić information content (AvgIpc) is 2.86. The number of hydrogen-bond donors (Lipinski definition) is 1. The summed E-state index contributed by atoms with van der Waals surface area (Å²) in [5, 5.41) is -0.236. The highest BCUT2D eigenvalue weighted by molar-refractivity contribution is 7.90. The molecule has 0 saturated heterocycles. The minimum Gasteiger partial charge on any atom is -0.274 e. The van der Waals surface area contributed by atoms with E-state index in [0.29, 0.717) is 12.8 Å². The largest absolute Gasteiger partial charge is 0.274 e. The van der Waals surface area contributed by atoms with Crippen molar-refractivity contribution < 1.29 is 17.6 Å². The molecule has 1 amide bonds. The highest BCUT2D eigenvalue weighted by atomic mass is 35.5. The number of benzene rings is 1. The molecule has 7 heteroatoms. The second-order valence-corrected chi connectivity index (χ2v) is 7.04. The van der Waals surface area contributed by atoms with Crippen molar-refractivity contribution in [2.45, 2.75) is 37.5 Å². The molecule has 0 radical (unpaired) electrons. The molecule has 0 heterocycles. The first kappa shape index (κ1) is 15.3. The molecule has 0 aliphatic heterocycles. The summed E-state index contributed by atoms with van der Waals surface area (Å²) < 4.78 is 39.6. The molecule has 110 valence electrons. The second-order valence-electron chi connectivity index (χ2n) is 4.98. The van der Waals surface area contributed by atoms with Gasteiger partial charge in [-0.15, -0.1) is 0 Å². The van der Waals surface area contributed by atoms with Gasteiger partial charge in [-0.05, 0) is 37.5 Å². The molecule has 1 aliphatic carbocycles. The lowest BCUT2D eigenvalue weighted by atomic mass is 10.1. The Kier molecular flexibility index (Phi) is 4.34. The van der Waals surface area contributed by atoms with Crippen LogP contribution < -0.4 is 4.72 Å². The summed E-state index contributed by atoms with van der Waals surface area (Å²) in [6.45, 7) is 1.43. The summed E-state index contributed by atoms with van der Waals surface area (Å²) >= 11 is 5.76. The number of nitrogens with one attached hydrogen (secondary N) is 1. The number of rotatable bonds is 3. The van der Waals surface area contributed by atoms with Gasteiger partial charge in [0.15, 0.2) is 0 Å². The summed E-state index contributed by atoms with van der Waals surface area (Å²) in [6.07, 6.45) is 3.23. The molecular weight excluding hydrogens is 305 g/mol. The maximum atomic E-state index is 13.3. The Morgan fingerprint density at radius 1 is 1.35 bits per heavy atom. The van der Waals surface area contributed by atoms with E-state index in [4.69, 9.17) is 11.6 Å². The van der Waals surface area contributed by atoms with Crippen LogP contribution in [0, 0.1) is 18.7 Å². The predicted octanol–water partition coefficient (Wildman–Crippen LogP) is 2.78. The van der Waals surface area contributed by atoms with Gasteiger partial charge in [-0.2, -0.15) is 0 Å². The Labute approximate surface area is 122 Å². The van der Waals surface area contributed by atoms with Crippen LogP contribution in [0.5, 0.6) is 0 Å². The maximum absolute atomic E-state index is 13.3. The molecule has 2 rings (SSSR count). The highest BCUT2D eigenvalue weighted by Gasteiger charge is 2.28. The first-order valence-electron chi connectivity index (χ1n) is 6.33. The van der Waals surface area contributed by atoms with E-state index in [-0.39, 0.29) is 21.4 Å². The normalized spacial score (nSPS) is 16.4. The second kappa shape index (κ2) is 5.69. The zero-order valence-corrected chi connectivity index (χ0v) is 12.5. The third-order valence-electron chi connectivity index (χ3n) is 3.46. The lowest BCUT2D eigenvalue weighted by Crippen LogP contribution is -2.35. The minimum atomic E-state index is -4.07. The fourth-order valence-electron chi connectivity index (χ4n) is 2.30. The lowest BCUT2D eigenvalue weighted by Gasteiger charge is -2.12. The summed E-state index contributed by atoms with van der Waals surface area (Å²) in [4.78, 5) is 11.6. The molecular formula is C13H15ClFNO3S. The van der Waals surface area contributed by atoms with E-state index in [1.807, 2.05) is 4.72 Å². The number of amides is 1. The molecule has 0 atom stereocenters. The van der Waals surface area contributed by atoms with Gasteiger partial charge >= 0.3 is 0 Å². The van der Waals surface area contributed by atoms with Crippen LogP contribution >= 0.6 is 11.6 Å². The number of carbonyl (C=O) groups excluding carboxylic acids is 1. The zero-order valence-electron chi connectivity index (χ0n) is 10.9. The number of halogens is 2. The number of carbonyl (C=O) groups is 1. The highest BCUT2D eigenvalue weighted by Crippen LogP contribution is 2.27. The fourth-order valence-corrected chi connectivity index (χ4v) is 3.94. The van der Waals surface area contributed by atoms with Gasteiger partial charge in [-0.3, -0.25) is 4.79 Å². The quantitative estimate of drug-likeness (QED) is 0.931. The van der Waals surface area contributed by atoms with Gasteiger partial charge in [0.2, 0.25) is 5.91 Å². The standard InChI is InChI=1S/C13H15ClFNO3S/c1-8-6-12(10(14)7-11(8)15)20(18,19)16-13(17)9-4-2-3-5-9/h6-7,9H,2-5H2,1H3,(H,16,17). The molecule has 1 aromatic carbocycles. The molecule has 0 aromatic heterocycles. The molecule has 20 heavy (non-hydrogen) atoms. The van der Waals surface area contributed by atoms with E-state index in [2.05, 4.69) is 0 Å². The zero-order chi connectivity index (χ0) is 14.9. The molecule has 0 unspecified atom stereocenters. The number of aryl methyl sites for hydroxylation is 1. The average molecular weight is 320 g/mol. The number of hydrogen-bond acceptors (Lipinski definition) is 3. The van der Waals surface area contributed by atoms with Crippen molar-refractivity contribution in [3.63, 3.8) is 0 Å². The summed E-state index contributed by atoms with van der Waals surface area (Å²) in [7, 11) is -4.07. The topological polar surface area (TPSA) is 63.2 Å². The third kappa shape index (κ3) is 3.12. The van der Waals surface area contributed by atoms with Crippen molar-refractivity contribution in [2.24, 2.45) is 5.92 Å². The van der Waals surface area contributed by atoms with Crippen LogP contribution in [0.15, 0.2) is 17.0 Å². The first-order valence-corrected chi connectivity index (χ1v) is 8.19. The van der Waals surface area contributed by atoms with E-state index in [9.17, 15) is 17.6 Å². The van der Waals surface area contributed by atoms with Crippen LogP contribution in [0.1, 0.15) is 31.2 Å². The van der Waals surface area contributed by atoms with Gasteiger partial charge in [-0.25, -0.2) is 17.5 Å². The van der Waals surface area contributed by atoms with Crippen LogP contribution in [0.25, 0.3) is 0 Å². The van der Waals surface area contributed by atoms with Crippen molar-refractivity contribution in [3.8, 4) is 0 Å². The first-order chi connectivity index (χ1) is 9.31. The lowest BCUT2D eigenvalue weighted by molar-refractivity contribution is -0.122. The monoisotopic (exact) mass is 319 g/mol. The Morgan fingerprint density at radius 2 is 1.95 bits per heavy atom.